The monoisotopic (exact) mass is 193 g/mol. The molecule has 0 bridgehead atoms. The second kappa shape index (κ2) is 4.68. The van der Waals surface area contributed by atoms with E-state index in [4.69, 9.17) is 0 Å². The fourth-order valence-corrected chi connectivity index (χ4v) is 1.83. The Hall–Kier alpha value is -0.720. The summed E-state index contributed by atoms with van der Waals surface area (Å²) in [5.41, 5.74) is 4.31. The third-order valence-electron chi connectivity index (χ3n) is 3.10. The summed E-state index contributed by atoms with van der Waals surface area (Å²) < 4.78 is 2.40. The summed E-state index contributed by atoms with van der Waals surface area (Å²) in [5, 5.41) is 0. The molecule has 80 valence electrons. The summed E-state index contributed by atoms with van der Waals surface area (Å²) in [4.78, 5) is 0. The van der Waals surface area contributed by atoms with Gasteiger partial charge in [0, 0.05) is 18.4 Å². The van der Waals surface area contributed by atoms with Gasteiger partial charge in [-0.1, -0.05) is 13.8 Å². The maximum absolute atomic E-state index is 2.40. The van der Waals surface area contributed by atoms with Gasteiger partial charge < -0.3 is 4.57 Å². The van der Waals surface area contributed by atoms with Crippen LogP contribution in [0, 0.1) is 26.7 Å². The van der Waals surface area contributed by atoms with Gasteiger partial charge in [-0.15, -0.1) is 0 Å². The molecule has 0 aliphatic heterocycles. The Labute approximate surface area is 88.1 Å². The lowest BCUT2D eigenvalue weighted by Gasteiger charge is -2.08. The predicted molar refractivity (Wildman–Crippen MR) is 62.7 cm³/mol. The second-order valence-electron chi connectivity index (χ2n) is 4.75. The van der Waals surface area contributed by atoms with E-state index in [0.29, 0.717) is 0 Å². The molecule has 1 aromatic rings. The maximum atomic E-state index is 2.40. The number of hydrogen-bond acceptors (Lipinski definition) is 0. The minimum absolute atomic E-state index is 0.827. The van der Waals surface area contributed by atoms with Crippen LogP contribution in [0.15, 0.2) is 6.20 Å². The normalized spacial score (nSPS) is 11.3. The van der Waals surface area contributed by atoms with Crippen LogP contribution < -0.4 is 0 Å². The van der Waals surface area contributed by atoms with Crippen molar-refractivity contribution in [3.63, 3.8) is 0 Å². The van der Waals surface area contributed by atoms with Crippen molar-refractivity contribution in [2.45, 2.75) is 54.0 Å². The topological polar surface area (TPSA) is 4.93 Å². The Kier molecular flexibility index (Phi) is 3.79. The van der Waals surface area contributed by atoms with Crippen LogP contribution in [0.3, 0.4) is 0 Å². The average Bonchev–Trinajstić information content (AvgIpc) is 2.33. The molecule has 14 heavy (non-hydrogen) atoms. The molecule has 0 aromatic carbocycles. The van der Waals surface area contributed by atoms with E-state index in [1.165, 1.54) is 36.2 Å². The molecule has 1 aromatic heterocycles. The van der Waals surface area contributed by atoms with E-state index in [1.54, 1.807) is 0 Å². The van der Waals surface area contributed by atoms with Crippen LogP contribution in [0.4, 0.5) is 0 Å². The molecule has 1 rings (SSSR count). The lowest BCUT2D eigenvalue weighted by Crippen LogP contribution is -2.00. The van der Waals surface area contributed by atoms with Crippen molar-refractivity contribution in [3.8, 4) is 0 Å². The van der Waals surface area contributed by atoms with Crippen molar-refractivity contribution >= 4 is 0 Å². The maximum Gasteiger partial charge on any atom is 0.0222 e. The van der Waals surface area contributed by atoms with E-state index in [1.807, 2.05) is 0 Å². The van der Waals surface area contributed by atoms with Crippen molar-refractivity contribution < 1.29 is 0 Å². The van der Waals surface area contributed by atoms with Crippen LogP contribution in [-0.2, 0) is 6.54 Å². The molecule has 0 N–H and O–H groups in total. The first-order valence-electron chi connectivity index (χ1n) is 5.65. The molecule has 0 unspecified atom stereocenters. The van der Waals surface area contributed by atoms with Crippen molar-refractivity contribution in [3.05, 3.63) is 23.0 Å². The van der Waals surface area contributed by atoms with Crippen LogP contribution in [0.5, 0.6) is 0 Å². The van der Waals surface area contributed by atoms with Crippen LogP contribution in [0.2, 0.25) is 0 Å². The molecule has 0 spiro atoms. The molecule has 0 aliphatic carbocycles. The van der Waals surface area contributed by atoms with E-state index in [0.717, 1.165) is 5.92 Å². The summed E-state index contributed by atoms with van der Waals surface area (Å²) >= 11 is 0. The third kappa shape index (κ3) is 2.63. The molecule has 0 atom stereocenters. The fourth-order valence-electron chi connectivity index (χ4n) is 1.83. The van der Waals surface area contributed by atoms with Crippen molar-refractivity contribution in [2.75, 3.05) is 0 Å². The van der Waals surface area contributed by atoms with E-state index < -0.39 is 0 Å². The first kappa shape index (κ1) is 11.4. The Morgan fingerprint density at radius 3 is 2.29 bits per heavy atom. The third-order valence-corrected chi connectivity index (χ3v) is 3.10. The van der Waals surface area contributed by atoms with Gasteiger partial charge in [0.05, 0.1) is 0 Å². The van der Waals surface area contributed by atoms with Gasteiger partial charge in [0.25, 0.3) is 0 Å². The summed E-state index contributed by atoms with van der Waals surface area (Å²) in [7, 11) is 0. The van der Waals surface area contributed by atoms with E-state index in [9.17, 15) is 0 Å². The van der Waals surface area contributed by atoms with Gasteiger partial charge in [0.1, 0.15) is 0 Å². The van der Waals surface area contributed by atoms with Gasteiger partial charge in [-0.2, -0.15) is 0 Å². The minimum Gasteiger partial charge on any atom is -0.351 e. The van der Waals surface area contributed by atoms with Crippen molar-refractivity contribution in [1.29, 1.82) is 0 Å². The smallest absolute Gasteiger partial charge is 0.0222 e. The first-order chi connectivity index (χ1) is 6.52. The number of rotatable bonds is 4. The zero-order valence-electron chi connectivity index (χ0n) is 10.2. The van der Waals surface area contributed by atoms with Gasteiger partial charge in [-0.25, -0.2) is 0 Å². The Balaban J connectivity index is 2.55. The summed E-state index contributed by atoms with van der Waals surface area (Å²) in [6.07, 6.45) is 4.91. The highest BCUT2D eigenvalue weighted by molar-refractivity contribution is 5.28. The van der Waals surface area contributed by atoms with Crippen molar-refractivity contribution in [1.82, 2.24) is 4.57 Å². The first-order valence-corrected chi connectivity index (χ1v) is 5.65. The fraction of sp³-hybridized carbons (Fsp3) is 0.692. The molecule has 1 heterocycles. The summed E-state index contributed by atoms with van der Waals surface area (Å²) in [5.74, 6) is 0.827. The minimum atomic E-state index is 0.827. The van der Waals surface area contributed by atoms with Gasteiger partial charge >= 0.3 is 0 Å². The Morgan fingerprint density at radius 1 is 1.21 bits per heavy atom. The van der Waals surface area contributed by atoms with Gasteiger partial charge in [0.2, 0.25) is 0 Å². The van der Waals surface area contributed by atoms with E-state index in [-0.39, 0.29) is 0 Å². The summed E-state index contributed by atoms with van der Waals surface area (Å²) in [6.45, 7) is 12.4. The summed E-state index contributed by atoms with van der Waals surface area (Å²) in [6, 6.07) is 0. The van der Waals surface area contributed by atoms with E-state index in [2.05, 4.69) is 45.4 Å². The second-order valence-corrected chi connectivity index (χ2v) is 4.75. The van der Waals surface area contributed by atoms with Crippen molar-refractivity contribution in [2.24, 2.45) is 5.92 Å². The Morgan fingerprint density at radius 2 is 1.86 bits per heavy atom. The number of hydrogen-bond donors (Lipinski definition) is 0. The molecule has 0 radical (unpaired) electrons. The van der Waals surface area contributed by atoms with Crippen LogP contribution in [-0.4, -0.2) is 4.57 Å². The highest BCUT2D eigenvalue weighted by Gasteiger charge is 2.04. The number of nitrogens with zero attached hydrogens (tertiary/aromatic N) is 1. The van der Waals surface area contributed by atoms with Crippen LogP contribution >= 0.6 is 0 Å². The van der Waals surface area contributed by atoms with Crippen LogP contribution in [0.25, 0.3) is 0 Å². The Bertz CT molecular complexity index is 294. The van der Waals surface area contributed by atoms with E-state index >= 15 is 0 Å². The highest BCUT2D eigenvalue weighted by atomic mass is 15.0. The zero-order chi connectivity index (χ0) is 10.7. The molecule has 0 fully saturated rings. The zero-order valence-corrected chi connectivity index (χ0v) is 10.2. The SMILES string of the molecule is Cc1cn(CCCC(C)C)c(C)c1C. The molecule has 0 saturated carbocycles. The average molecular weight is 193 g/mol. The molecule has 0 saturated heterocycles. The lowest BCUT2D eigenvalue weighted by molar-refractivity contribution is 0.508. The molecule has 0 amide bonds. The molecular weight excluding hydrogens is 170 g/mol. The molecular formula is C13H23N. The molecule has 1 heteroatoms. The van der Waals surface area contributed by atoms with Gasteiger partial charge in [-0.05, 0) is 50.7 Å². The lowest BCUT2D eigenvalue weighted by atomic mass is 10.1. The largest absolute Gasteiger partial charge is 0.351 e. The van der Waals surface area contributed by atoms with Crippen LogP contribution in [0.1, 0.15) is 43.5 Å². The molecule has 0 aliphatic rings. The van der Waals surface area contributed by atoms with Gasteiger partial charge in [0.15, 0.2) is 0 Å². The highest BCUT2D eigenvalue weighted by Crippen LogP contribution is 2.16. The molecule has 1 nitrogen and oxygen atoms in total. The predicted octanol–water partition coefficient (Wildman–Crippen LogP) is 3.85. The quantitative estimate of drug-likeness (QED) is 0.684. The van der Waals surface area contributed by atoms with Gasteiger partial charge in [-0.3, -0.25) is 0 Å². The standard InChI is InChI=1S/C13H23N/c1-10(2)7-6-8-14-9-11(3)12(4)13(14)5/h9-10H,6-8H2,1-5H3. The number of aryl methyl sites for hydroxylation is 2. The number of aromatic nitrogens is 1.